The highest BCUT2D eigenvalue weighted by atomic mass is 32.1. The van der Waals surface area contributed by atoms with Crippen LogP contribution in [0.3, 0.4) is 0 Å². The molecule has 6 rings (SSSR count). The Balaban J connectivity index is 1.38. The normalized spacial score (nSPS) is 18.2. The fourth-order valence-corrected chi connectivity index (χ4v) is 6.58. The topological polar surface area (TPSA) is 113 Å². The Labute approximate surface area is 235 Å². The van der Waals surface area contributed by atoms with E-state index in [4.69, 9.17) is 4.74 Å². The molecule has 10 heteroatoms. The minimum absolute atomic E-state index is 0.116. The molecule has 4 aromatic rings. The van der Waals surface area contributed by atoms with Crippen molar-refractivity contribution in [2.45, 2.75) is 51.6 Å². The lowest BCUT2D eigenvalue weighted by Crippen LogP contribution is -2.52. The van der Waals surface area contributed by atoms with Gasteiger partial charge in [0.1, 0.15) is 21.2 Å². The monoisotopic (exact) mass is 555 g/mol. The van der Waals surface area contributed by atoms with Crippen LogP contribution in [0, 0.1) is 6.92 Å². The smallest absolute Gasteiger partial charge is 0.331 e. The molecule has 2 atom stereocenters. The minimum atomic E-state index is -0.360. The van der Waals surface area contributed by atoms with Gasteiger partial charge in [-0.3, -0.25) is 14.5 Å². The molecule has 204 valence electrons. The molecule has 0 spiro atoms. The number of aromatic nitrogens is 1. The van der Waals surface area contributed by atoms with Crippen LogP contribution in [0.4, 0.5) is 21.9 Å². The molecule has 1 aliphatic carbocycles. The van der Waals surface area contributed by atoms with E-state index >= 15 is 0 Å². The SMILES string of the molecule is CC(=O)N[C@H]1CCCC[C@H]1NC(=O)c1sc2nccc3c2c1N(c1ccc(Oc2ccccc2)cc1C)C(=O)N3. The number of rotatable bonds is 6. The van der Waals surface area contributed by atoms with Crippen molar-refractivity contribution >= 4 is 56.5 Å². The maximum Gasteiger partial charge on any atom is 0.331 e. The van der Waals surface area contributed by atoms with Gasteiger partial charge in [-0.15, -0.1) is 11.3 Å². The number of thiophene rings is 1. The van der Waals surface area contributed by atoms with E-state index in [2.05, 4.69) is 20.9 Å². The van der Waals surface area contributed by atoms with Crippen LogP contribution in [-0.2, 0) is 4.79 Å². The van der Waals surface area contributed by atoms with Crippen LogP contribution in [0.1, 0.15) is 47.8 Å². The Hall–Kier alpha value is -4.44. The van der Waals surface area contributed by atoms with Crippen LogP contribution in [-0.4, -0.2) is 34.9 Å². The first kappa shape index (κ1) is 25.8. The zero-order valence-corrected chi connectivity index (χ0v) is 23.0. The predicted octanol–water partition coefficient (Wildman–Crippen LogP) is 6.26. The summed E-state index contributed by atoms with van der Waals surface area (Å²) in [7, 11) is 0. The number of para-hydroxylation sites is 1. The average molecular weight is 556 g/mol. The van der Waals surface area contributed by atoms with Gasteiger partial charge >= 0.3 is 6.03 Å². The van der Waals surface area contributed by atoms with Crippen molar-refractivity contribution in [1.82, 2.24) is 15.6 Å². The molecule has 2 aliphatic rings. The van der Waals surface area contributed by atoms with Gasteiger partial charge in [-0.25, -0.2) is 9.78 Å². The second-order valence-corrected chi connectivity index (χ2v) is 11.1. The molecule has 0 unspecified atom stereocenters. The maximum atomic E-state index is 13.8. The van der Waals surface area contributed by atoms with Crippen molar-refractivity contribution in [2.75, 3.05) is 10.2 Å². The molecular weight excluding hydrogens is 526 g/mol. The second-order valence-electron chi connectivity index (χ2n) is 10.1. The average Bonchev–Trinajstić information content (AvgIpc) is 3.32. The summed E-state index contributed by atoms with van der Waals surface area (Å²) in [6.07, 6.45) is 5.17. The van der Waals surface area contributed by atoms with E-state index in [1.54, 1.807) is 17.2 Å². The number of carbonyl (C=O) groups excluding carboxylic acids is 3. The number of nitrogens with one attached hydrogen (secondary N) is 3. The van der Waals surface area contributed by atoms with Crippen LogP contribution in [0.5, 0.6) is 11.5 Å². The molecule has 3 heterocycles. The molecule has 0 radical (unpaired) electrons. The zero-order chi connectivity index (χ0) is 27.8. The van der Waals surface area contributed by atoms with Gasteiger partial charge in [0.2, 0.25) is 5.91 Å². The number of amides is 4. The third-order valence-corrected chi connectivity index (χ3v) is 8.39. The van der Waals surface area contributed by atoms with Gasteiger partial charge < -0.3 is 20.7 Å². The summed E-state index contributed by atoms with van der Waals surface area (Å²) in [5.74, 6) is 0.952. The number of anilines is 3. The van der Waals surface area contributed by atoms with Gasteiger partial charge in [-0.2, -0.15) is 0 Å². The first-order chi connectivity index (χ1) is 19.4. The lowest BCUT2D eigenvalue weighted by Gasteiger charge is -2.33. The lowest BCUT2D eigenvalue weighted by atomic mass is 9.90. The lowest BCUT2D eigenvalue weighted by molar-refractivity contribution is -0.120. The van der Waals surface area contributed by atoms with Gasteiger partial charge in [0.05, 0.1) is 22.4 Å². The quantitative estimate of drug-likeness (QED) is 0.260. The second kappa shape index (κ2) is 10.6. The molecule has 1 saturated carbocycles. The molecule has 2 aromatic carbocycles. The van der Waals surface area contributed by atoms with Gasteiger partial charge in [0.25, 0.3) is 5.91 Å². The van der Waals surface area contributed by atoms with Crippen LogP contribution >= 0.6 is 11.3 Å². The Kier molecular flexibility index (Phi) is 6.85. The molecule has 9 nitrogen and oxygen atoms in total. The molecule has 0 bridgehead atoms. The summed E-state index contributed by atoms with van der Waals surface area (Å²) in [5.41, 5.74) is 2.57. The highest BCUT2D eigenvalue weighted by Gasteiger charge is 2.36. The number of urea groups is 1. The zero-order valence-electron chi connectivity index (χ0n) is 22.2. The molecule has 0 saturated heterocycles. The number of benzene rings is 2. The molecular formula is C30H29N5O4S. The number of carbonyl (C=O) groups is 3. The summed E-state index contributed by atoms with van der Waals surface area (Å²) in [6, 6.07) is 16.0. The van der Waals surface area contributed by atoms with E-state index < -0.39 is 0 Å². The van der Waals surface area contributed by atoms with Crippen LogP contribution < -0.4 is 25.6 Å². The first-order valence-corrected chi connectivity index (χ1v) is 14.1. The van der Waals surface area contributed by atoms with E-state index in [1.807, 2.05) is 55.5 Å². The van der Waals surface area contributed by atoms with Crippen LogP contribution in [0.15, 0.2) is 60.8 Å². The molecule has 4 amide bonds. The highest BCUT2D eigenvalue weighted by Crippen LogP contribution is 2.47. The molecule has 40 heavy (non-hydrogen) atoms. The summed E-state index contributed by atoms with van der Waals surface area (Å²) in [6.45, 7) is 3.40. The minimum Gasteiger partial charge on any atom is -0.457 e. The van der Waals surface area contributed by atoms with E-state index in [9.17, 15) is 14.4 Å². The van der Waals surface area contributed by atoms with E-state index in [0.717, 1.165) is 36.6 Å². The fourth-order valence-electron chi connectivity index (χ4n) is 5.52. The van der Waals surface area contributed by atoms with Gasteiger partial charge in [-0.1, -0.05) is 31.0 Å². The Bertz CT molecular complexity index is 1620. The number of pyridine rings is 1. The summed E-state index contributed by atoms with van der Waals surface area (Å²) in [4.78, 5) is 46.3. The third-order valence-electron chi connectivity index (χ3n) is 7.30. The van der Waals surface area contributed by atoms with Crippen molar-refractivity contribution < 1.29 is 19.1 Å². The van der Waals surface area contributed by atoms with Crippen LogP contribution in [0.2, 0.25) is 0 Å². The number of nitrogens with zero attached hydrogens (tertiary/aromatic N) is 2. The molecule has 1 fully saturated rings. The number of hydrogen-bond acceptors (Lipinski definition) is 6. The fraction of sp³-hybridized carbons (Fsp3) is 0.267. The maximum absolute atomic E-state index is 13.8. The predicted molar refractivity (Wildman–Crippen MR) is 156 cm³/mol. The standard InChI is InChI=1S/C30H29N5O4S/c1-17-16-20(39-19-8-4-3-5-9-19)12-13-24(17)35-26-25-23(34-30(35)38)14-15-31-29(25)40-27(26)28(37)33-22-11-7-6-10-21(22)32-18(2)36/h3-5,8-9,12-16,21-22H,6-7,10-11H2,1-2H3,(H,32,36)(H,33,37)(H,34,38)/t21-,22+/m0/s1. The van der Waals surface area contributed by atoms with Crippen LogP contribution in [0.25, 0.3) is 10.2 Å². The number of ether oxygens (including phenoxy) is 1. The Morgan fingerprint density at radius 2 is 1.77 bits per heavy atom. The molecule has 3 N–H and O–H groups in total. The summed E-state index contributed by atoms with van der Waals surface area (Å²) in [5, 5.41) is 9.83. The van der Waals surface area contributed by atoms with Crippen molar-refractivity contribution in [1.29, 1.82) is 0 Å². The van der Waals surface area contributed by atoms with Crippen molar-refractivity contribution in [2.24, 2.45) is 0 Å². The summed E-state index contributed by atoms with van der Waals surface area (Å²) < 4.78 is 5.99. The van der Waals surface area contributed by atoms with Crippen molar-refractivity contribution in [3.63, 3.8) is 0 Å². The Morgan fingerprint density at radius 1 is 1.02 bits per heavy atom. The first-order valence-electron chi connectivity index (χ1n) is 13.3. The third kappa shape index (κ3) is 4.86. The Morgan fingerprint density at radius 3 is 2.50 bits per heavy atom. The van der Waals surface area contributed by atoms with Gasteiger partial charge in [-0.05, 0) is 61.7 Å². The number of hydrogen-bond donors (Lipinski definition) is 3. The molecule has 1 aliphatic heterocycles. The van der Waals surface area contributed by atoms with Crippen molar-refractivity contribution in [3.8, 4) is 11.5 Å². The summed E-state index contributed by atoms with van der Waals surface area (Å²) >= 11 is 1.26. The van der Waals surface area contributed by atoms with Gasteiger partial charge in [0, 0.05) is 25.2 Å². The van der Waals surface area contributed by atoms with Crippen molar-refractivity contribution in [3.05, 3.63) is 71.2 Å². The largest absolute Gasteiger partial charge is 0.457 e. The molecule has 2 aromatic heterocycles. The van der Waals surface area contributed by atoms with E-state index in [0.29, 0.717) is 38.3 Å². The highest BCUT2D eigenvalue weighted by molar-refractivity contribution is 7.21. The number of aryl methyl sites for hydroxylation is 1. The van der Waals surface area contributed by atoms with E-state index in [1.165, 1.54) is 18.3 Å². The van der Waals surface area contributed by atoms with Gasteiger partial charge in [0.15, 0.2) is 0 Å². The van der Waals surface area contributed by atoms with E-state index in [-0.39, 0.29) is 29.9 Å².